The SMILES string of the molecule is C=CC[C@@H]1C[C@@H](COc2ccc(CCCCNC(=O)OC(C)(C)C)cc2)N(Cc2ccccc2)C1=O. The maximum absolute atomic E-state index is 13.0. The lowest BCUT2D eigenvalue weighted by molar-refractivity contribution is -0.132. The van der Waals surface area contributed by atoms with Crippen LogP contribution in [0.25, 0.3) is 0 Å². The van der Waals surface area contributed by atoms with E-state index in [1.807, 2.05) is 62.1 Å². The minimum Gasteiger partial charge on any atom is -0.491 e. The highest BCUT2D eigenvalue weighted by Crippen LogP contribution is 2.30. The van der Waals surface area contributed by atoms with Gasteiger partial charge in [-0.1, -0.05) is 48.5 Å². The molecule has 0 radical (unpaired) electrons. The number of hydrogen-bond acceptors (Lipinski definition) is 4. The number of aryl methyl sites for hydroxylation is 1. The number of likely N-dealkylation sites (tertiary alicyclic amines) is 1. The topological polar surface area (TPSA) is 67.9 Å². The van der Waals surface area contributed by atoms with Crippen LogP contribution in [0.3, 0.4) is 0 Å². The summed E-state index contributed by atoms with van der Waals surface area (Å²) in [5, 5.41) is 2.80. The van der Waals surface area contributed by atoms with Crippen molar-refractivity contribution in [3.8, 4) is 5.75 Å². The summed E-state index contributed by atoms with van der Waals surface area (Å²) >= 11 is 0. The van der Waals surface area contributed by atoms with Crippen LogP contribution >= 0.6 is 0 Å². The first-order chi connectivity index (χ1) is 17.2. The fraction of sp³-hybridized carbons (Fsp3) is 0.467. The lowest BCUT2D eigenvalue weighted by atomic mass is 10.0. The monoisotopic (exact) mass is 492 g/mol. The smallest absolute Gasteiger partial charge is 0.407 e. The Bertz CT molecular complexity index is 982. The number of nitrogens with one attached hydrogen (secondary N) is 1. The molecule has 0 unspecified atom stereocenters. The highest BCUT2D eigenvalue weighted by molar-refractivity contribution is 5.81. The van der Waals surface area contributed by atoms with Crippen LogP contribution in [0.15, 0.2) is 67.3 Å². The van der Waals surface area contributed by atoms with Crippen molar-refractivity contribution < 1.29 is 19.1 Å². The molecule has 2 aromatic rings. The van der Waals surface area contributed by atoms with E-state index >= 15 is 0 Å². The molecule has 1 aliphatic heterocycles. The number of hydrogen-bond donors (Lipinski definition) is 1. The summed E-state index contributed by atoms with van der Waals surface area (Å²) in [4.78, 5) is 26.7. The number of carbonyl (C=O) groups is 2. The largest absolute Gasteiger partial charge is 0.491 e. The van der Waals surface area contributed by atoms with E-state index in [0.29, 0.717) is 26.1 Å². The Labute approximate surface area is 215 Å². The quantitative estimate of drug-likeness (QED) is 0.296. The van der Waals surface area contributed by atoms with Crippen molar-refractivity contribution in [2.75, 3.05) is 13.2 Å². The summed E-state index contributed by atoms with van der Waals surface area (Å²) in [6.45, 7) is 11.1. The molecular formula is C30H40N2O4. The molecule has 2 amide bonds. The maximum atomic E-state index is 13.0. The van der Waals surface area contributed by atoms with Gasteiger partial charge in [-0.05, 0) is 76.1 Å². The number of alkyl carbamates (subject to hydrolysis) is 1. The second-order valence-electron chi connectivity index (χ2n) is 10.4. The zero-order valence-electron chi connectivity index (χ0n) is 21.9. The Kier molecular flexibility index (Phi) is 9.97. The minimum absolute atomic E-state index is 0.0213. The number of carbonyl (C=O) groups excluding carboxylic acids is 2. The zero-order chi connectivity index (χ0) is 26.0. The van der Waals surface area contributed by atoms with Crippen LogP contribution in [0.2, 0.25) is 0 Å². The van der Waals surface area contributed by atoms with Gasteiger partial charge in [-0.2, -0.15) is 0 Å². The third-order valence-electron chi connectivity index (χ3n) is 6.20. The van der Waals surface area contributed by atoms with Crippen LogP contribution in [-0.2, 0) is 22.5 Å². The van der Waals surface area contributed by atoms with Gasteiger partial charge in [-0.15, -0.1) is 6.58 Å². The molecule has 2 atom stereocenters. The first-order valence-electron chi connectivity index (χ1n) is 12.9. The normalized spacial score (nSPS) is 17.6. The second-order valence-corrected chi connectivity index (χ2v) is 10.4. The van der Waals surface area contributed by atoms with Crippen molar-refractivity contribution in [2.24, 2.45) is 5.92 Å². The van der Waals surface area contributed by atoms with E-state index in [4.69, 9.17) is 9.47 Å². The summed E-state index contributed by atoms with van der Waals surface area (Å²) in [6.07, 6.45) is 5.73. The first-order valence-corrected chi connectivity index (χ1v) is 12.9. The summed E-state index contributed by atoms with van der Waals surface area (Å²) < 4.78 is 11.4. The summed E-state index contributed by atoms with van der Waals surface area (Å²) in [6, 6.07) is 18.3. The highest BCUT2D eigenvalue weighted by Gasteiger charge is 2.38. The number of rotatable bonds is 12. The summed E-state index contributed by atoms with van der Waals surface area (Å²) in [7, 11) is 0. The second kappa shape index (κ2) is 13.1. The Morgan fingerprint density at radius 2 is 1.81 bits per heavy atom. The number of nitrogens with zero attached hydrogens (tertiary/aromatic N) is 1. The van der Waals surface area contributed by atoms with E-state index in [0.717, 1.165) is 37.0 Å². The molecular weight excluding hydrogens is 452 g/mol. The van der Waals surface area contributed by atoms with Crippen LogP contribution in [0.5, 0.6) is 5.75 Å². The Morgan fingerprint density at radius 1 is 1.08 bits per heavy atom. The standard InChI is InChI=1S/C30H40N2O4/c1-5-11-25-20-26(32(28(25)33)21-24-13-7-6-8-14-24)22-35-27-17-15-23(16-18-27)12-9-10-19-31-29(34)36-30(2,3)4/h5-8,13-18,25-26H,1,9-12,19-22H2,2-4H3,(H,31,34)/t25-,26+/m1/s1. The van der Waals surface area contributed by atoms with E-state index in [-0.39, 0.29) is 24.0 Å². The van der Waals surface area contributed by atoms with Gasteiger partial charge in [0.2, 0.25) is 5.91 Å². The van der Waals surface area contributed by atoms with Gasteiger partial charge < -0.3 is 19.7 Å². The van der Waals surface area contributed by atoms with E-state index in [9.17, 15) is 9.59 Å². The predicted octanol–water partition coefficient (Wildman–Crippen LogP) is 5.91. The summed E-state index contributed by atoms with van der Waals surface area (Å²) in [5.74, 6) is 0.973. The van der Waals surface area contributed by atoms with Gasteiger partial charge in [-0.3, -0.25) is 4.79 Å². The number of benzene rings is 2. The first kappa shape index (κ1) is 27.3. The van der Waals surface area contributed by atoms with Gasteiger partial charge in [0.05, 0.1) is 6.04 Å². The molecule has 0 aliphatic carbocycles. The predicted molar refractivity (Wildman–Crippen MR) is 143 cm³/mol. The lowest BCUT2D eigenvalue weighted by Gasteiger charge is -2.25. The molecule has 6 nitrogen and oxygen atoms in total. The van der Waals surface area contributed by atoms with E-state index in [2.05, 4.69) is 36.2 Å². The van der Waals surface area contributed by atoms with E-state index in [1.165, 1.54) is 5.56 Å². The van der Waals surface area contributed by atoms with Crippen molar-refractivity contribution in [2.45, 2.75) is 71.1 Å². The van der Waals surface area contributed by atoms with Gasteiger partial charge in [0.1, 0.15) is 18.0 Å². The molecule has 1 fully saturated rings. The molecule has 0 spiro atoms. The van der Waals surface area contributed by atoms with Crippen LogP contribution in [0.1, 0.15) is 57.6 Å². The highest BCUT2D eigenvalue weighted by atomic mass is 16.6. The molecule has 0 bridgehead atoms. The van der Waals surface area contributed by atoms with Crippen LogP contribution in [-0.4, -0.2) is 41.7 Å². The third-order valence-corrected chi connectivity index (χ3v) is 6.20. The molecule has 194 valence electrons. The van der Waals surface area contributed by atoms with Crippen molar-refractivity contribution in [3.63, 3.8) is 0 Å². The molecule has 1 aliphatic rings. The van der Waals surface area contributed by atoms with Crippen LogP contribution in [0.4, 0.5) is 4.79 Å². The fourth-order valence-electron chi connectivity index (χ4n) is 4.42. The van der Waals surface area contributed by atoms with Crippen LogP contribution in [0, 0.1) is 5.92 Å². The number of allylic oxidation sites excluding steroid dienone is 1. The average molecular weight is 493 g/mol. The zero-order valence-corrected chi connectivity index (χ0v) is 21.9. The summed E-state index contributed by atoms with van der Waals surface area (Å²) in [5.41, 5.74) is 1.88. The Balaban J connectivity index is 1.44. The minimum atomic E-state index is -0.478. The molecule has 6 heteroatoms. The molecule has 3 rings (SSSR count). The fourth-order valence-corrected chi connectivity index (χ4v) is 4.42. The average Bonchev–Trinajstić information content (AvgIpc) is 3.12. The van der Waals surface area contributed by atoms with Gasteiger partial charge in [-0.25, -0.2) is 4.79 Å². The van der Waals surface area contributed by atoms with Gasteiger partial charge in [0.25, 0.3) is 0 Å². The number of amides is 2. The van der Waals surface area contributed by atoms with E-state index in [1.54, 1.807) is 0 Å². The van der Waals surface area contributed by atoms with Crippen molar-refractivity contribution >= 4 is 12.0 Å². The maximum Gasteiger partial charge on any atom is 0.407 e. The Hall–Kier alpha value is -3.28. The molecule has 1 heterocycles. The third kappa shape index (κ3) is 8.74. The molecule has 0 saturated carbocycles. The van der Waals surface area contributed by atoms with Crippen molar-refractivity contribution in [1.29, 1.82) is 0 Å². The molecule has 1 saturated heterocycles. The Morgan fingerprint density at radius 3 is 2.47 bits per heavy atom. The number of unbranched alkanes of at least 4 members (excludes halogenated alkanes) is 1. The molecule has 2 aromatic carbocycles. The van der Waals surface area contributed by atoms with Crippen molar-refractivity contribution in [3.05, 3.63) is 78.4 Å². The lowest BCUT2D eigenvalue weighted by Crippen LogP contribution is -2.36. The molecule has 1 N–H and O–H groups in total. The van der Waals surface area contributed by atoms with Gasteiger partial charge in [0, 0.05) is 19.0 Å². The molecule has 0 aromatic heterocycles. The van der Waals surface area contributed by atoms with Gasteiger partial charge >= 0.3 is 6.09 Å². The van der Waals surface area contributed by atoms with Crippen molar-refractivity contribution in [1.82, 2.24) is 10.2 Å². The van der Waals surface area contributed by atoms with Crippen LogP contribution < -0.4 is 10.1 Å². The van der Waals surface area contributed by atoms with Gasteiger partial charge in [0.15, 0.2) is 0 Å². The molecule has 36 heavy (non-hydrogen) atoms. The van der Waals surface area contributed by atoms with E-state index < -0.39 is 5.60 Å². The number of ether oxygens (including phenoxy) is 2.